The molecule has 0 unspecified atom stereocenters. The zero-order valence-electron chi connectivity index (χ0n) is 10.6. The van der Waals surface area contributed by atoms with Crippen LogP contribution in [0.25, 0.3) is 11.1 Å². The third kappa shape index (κ3) is 2.31. The second kappa shape index (κ2) is 4.97. The maximum Gasteiger partial charge on any atom is 0.128 e. The number of aryl methyl sites for hydroxylation is 1. The number of nitrogens with zero attached hydrogens (tertiary/aromatic N) is 1. The fraction of sp³-hybridized carbons (Fsp3) is 0.200. The highest BCUT2D eigenvalue weighted by Crippen LogP contribution is 2.36. The molecule has 1 aromatic heterocycles. The Bertz CT molecular complexity index is 626. The van der Waals surface area contributed by atoms with Crippen LogP contribution in [0.3, 0.4) is 0 Å². The van der Waals surface area contributed by atoms with Crippen molar-refractivity contribution in [3.05, 3.63) is 42.2 Å². The van der Waals surface area contributed by atoms with Gasteiger partial charge in [0.05, 0.1) is 12.1 Å². The number of anilines is 1. The van der Waals surface area contributed by atoms with Crippen molar-refractivity contribution in [1.82, 2.24) is 4.98 Å². The summed E-state index contributed by atoms with van der Waals surface area (Å²) >= 11 is 5.23. The maximum atomic E-state index is 5.49. The number of rotatable bonds is 2. The molecule has 0 radical (unpaired) electrons. The molecule has 1 aliphatic rings. The van der Waals surface area contributed by atoms with E-state index >= 15 is 0 Å². The van der Waals surface area contributed by atoms with E-state index in [1.807, 2.05) is 24.4 Å². The van der Waals surface area contributed by atoms with Gasteiger partial charge in [-0.25, -0.2) is 0 Å². The van der Waals surface area contributed by atoms with Crippen molar-refractivity contribution in [3.63, 3.8) is 0 Å². The Hall–Kier alpha value is -1.94. The van der Waals surface area contributed by atoms with E-state index in [0.29, 0.717) is 0 Å². The third-order valence-electron chi connectivity index (χ3n) is 3.29. The molecule has 0 bridgehead atoms. The zero-order valence-corrected chi connectivity index (χ0v) is 11.5. The van der Waals surface area contributed by atoms with Gasteiger partial charge in [-0.1, -0.05) is 18.3 Å². The van der Waals surface area contributed by atoms with Gasteiger partial charge in [-0.15, -0.1) is 0 Å². The van der Waals surface area contributed by atoms with Gasteiger partial charge >= 0.3 is 0 Å². The first-order valence-electron chi connectivity index (χ1n) is 6.19. The number of aromatic nitrogens is 1. The van der Waals surface area contributed by atoms with Gasteiger partial charge in [-0.3, -0.25) is 4.98 Å². The summed E-state index contributed by atoms with van der Waals surface area (Å²) in [7, 11) is 1.68. The Morgan fingerprint density at radius 2 is 2.21 bits per heavy atom. The van der Waals surface area contributed by atoms with E-state index in [2.05, 4.69) is 16.4 Å². The highest BCUT2D eigenvalue weighted by atomic mass is 32.1. The second-order valence-electron chi connectivity index (χ2n) is 4.50. The third-order valence-corrected chi connectivity index (χ3v) is 3.60. The molecular weight excluding hydrogens is 256 g/mol. The Morgan fingerprint density at radius 3 is 2.95 bits per heavy atom. The largest absolute Gasteiger partial charge is 0.496 e. The van der Waals surface area contributed by atoms with Crippen molar-refractivity contribution in [2.45, 2.75) is 12.8 Å². The first kappa shape index (κ1) is 12.1. The Kier molecular flexibility index (Phi) is 3.17. The number of methoxy groups -OCH3 is 1. The number of thiocarbonyl (C=S) groups is 1. The van der Waals surface area contributed by atoms with Crippen molar-refractivity contribution < 1.29 is 4.74 Å². The van der Waals surface area contributed by atoms with Crippen LogP contribution in [0.15, 0.2) is 36.7 Å². The van der Waals surface area contributed by atoms with Gasteiger partial charge < -0.3 is 10.1 Å². The molecule has 0 amide bonds. The number of ether oxygens (including phenoxy) is 1. The van der Waals surface area contributed by atoms with E-state index in [0.717, 1.165) is 40.4 Å². The lowest BCUT2D eigenvalue weighted by molar-refractivity contribution is 0.416. The van der Waals surface area contributed by atoms with E-state index in [-0.39, 0.29) is 0 Å². The Balaban J connectivity index is 2.13. The molecule has 96 valence electrons. The van der Waals surface area contributed by atoms with Crippen molar-refractivity contribution in [3.8, 4) is 16.9 Å². The minimum atomic E-state index is 0.837. The number of benzene rings is 1. The van der Waals surface area contributed by atoms with Gasteiger partial charge in [0, 0.05) is 41.7 Å². The van der Waals surface area contributed by atoms with E-state index < -0.39 is 0 Å². The molecule has 1 N–H and O–H groups in total. The smallest absolute Gasteiger partial charge is 0.128 e. The molecule has 1 aromatic carbocycles. The van der Waals surface area contributed by atoms with E-state index in [1.54, 1.807) is 13.3 Å². The minimum Gasteiger partial charge on any atom is -0.496 e. The minimum absolute atomic E-state index is 0.837. The highest BCUT2D eigenvalue weighted by molar-refractivity contribution is 7.80. The quantitative estimate of drug-likeness (QED) is 0.848. The molecule has 3 nitrogen and oxygen atoms in total. The molecule has 2 heterocycles. The van der Waals surface area contributed by atoms with E-state index in [1.165, 1.54) is 5.56 Å². The summed E-state index contributed by atoms with van der Waals surface area (Å²) in [5.74, 6) is 0.837. The standard InChI is InChI=1S/C15H14N2OS/c1-18-14-8-13-10(4-5-15(19)17-13)7-12(14)11-3-2-6-16-9-11/h2-3,6-9H,4-5H2,1H3,(H,17,19). The molecular formula is C15H14N2OS. The molecule has 0 saturated carbocycles. The first-order valence-corrected chi connectivity index (χ1v) is 6.60. The van der Waals surface area contributed by atoms with Crippen LogP contribution >= 0.6 is 12.2 Å². The van der Waals surface area contributed by atoms with Crippen molar-refractivity contribution in [2.75, 3.05) is 12.4 Å². The van der Waals surface area contributed by atoms with Crippen LogP contribution in [-0.4, -0.2) is 17.1 Å². The lowest BCUT2D eigenvalue weighted by atomic mass is 9.97. The number of pyridine rings is 1. The molecule has 4 heteroatoms. The summed E-state index contributed by atoms with van der Waals surface area (Å²) in [6.45, 7) is 0. The number of nitrogens with one attached hydrogen (secondary N) is 1. The van der Waals surface area contributed by atoms with Crippen LogP contribution in [0.4, 0.5) is 5.69 Å². The Labute approximate surface area is 117 Å². The fourth-order valence-electron chi connectivity index (χ4n) is 2.33. The topological polar surface area (TPSA) is 34.1 Å². The van der Waals surface area contributed by atoms with E-state index in [9.17, 15) is 0 Å². The maximum absolute atomic E-state index is 5.49. The lowest BCUT2D eigenvalue weighted by Gasteiger charge is -2.21. The molecule has 0 atom stereocenters. The summed E-state index contributed by atoms with van der Waals surface area (Å²) in [6.07, 6.45) is 5.50. The van der Waals surface area contributed by atoms with Gasteiger partial charge in [0.25, 0.3) is 0 Å². The highest BCUT2D eigenvalue weighted by Gasteiger charge is 2.16. The van der Waals surface area contributed by atoms with Crippen LogP contribution in [-0.2, 0) is 6.42 Å². The molecule has 0 fully saturated rings. The molecule has 3 rings (SSSR count). The summed E-state index contributed by atoms with van der Waals surface area (Å²) < 4.78 is 5.49. The van der Waals surface area contributed by atoms with Crippen LogP contribution < -0.4 is 10.1 Å². The summed E-state index contributed by atoms with van der Waals surface area (Å²) in [5, 5.41) is 3.25. The van der Waals surface area contributed by atoms with Gasteiger partial charge in [0.1, 0.15) is 5.75 Å². The van der Waals surface area contributed by atoms with Gasteiger partial charge in [0.15, 0.2) is 0 Å². The molecule has 19 heavy (non-hydrogen) atoms. The average molecular weight is 270 g/mol. The zero-order chi connectivity index (χ0) is 13.2. The fourth-order valence-corrected chi connectivity index (χ4v) is 2.54. The Morgan fingerprint density at radius 1 is 1.32 bits per heavy atom. The molecule has 0 aliphatic carbocycles. The van der Waals surface area contributed by atoms with Crippen LogP contribution in [0, 0.1) is 0 Å². The normalized spacial score (nSPS) is 13.6. The van der Waals surface area contributed by atoms with Gasteiger partial charge in [-0.05, 0) is 24.1 Å². The van der Waals surface area contributed by atoms with Gasteiger partial charge in [0.2, 0.25) is 0 Å². The van der Waals surface area contributed by atoms with Crippen molar-refractivity contribution in [1.29, 1.82) is 0 Å². The predicted octanol–water partition coefficient (Wildman–Crippen LogP) is 3.44. The second-order valence-corrected chi connectivity index (χ2v) is 4.99. The molecule has 1 aliphatic heterocycles. The number of hydrogen-bond acceptors (Lipinski definition) is 3. The monoisotopic (exact) mass is 270 g/mol. The number of fused-ring (bicyclic) bond motifs is 1. The van der Waals surface area contributed by atoms with Crippen molar-refractivity contribution >= 4 is 22.9 Å². The molecule has 2 aromatic rings. The summed E-state index contributed by atoms with van der Waals surface area (Å²) in [5.41, 5.74) is 4.47. The van der Waals surface area contributed by atoms with E-state index in [4.69, 9.17) is 17.0 Å². The summed E-state index contributed by atoms with van der Waals surface area (Å²) in [4.78, 5) is 5.06. The van der Waals surface area contributed by atoms with Crippen LogP contribution in [0.1, 0.15) is 12.0 Å². The first-order chi connectivity index (χ1) is 9.28. The summed E-state index contributed by atoms with van der Waals surface area (Å²) in [6, 6.07) is 8.16. The predicted molar refractivity (Wildman–Crippen MR) is 80.8 cm³/mol. The molecule has 0 saturated heterocycles. The lowest BCUT2D eigenvalue weighted by Crippen LogP contribution is -2.17. The van der Waals surface area contributed by atoms with Crippen LogP contribution in [0.5, 0.6) is 5.75 Å². The average Bonchev–Trinajstić information content (AvgIpc) is 2.46. The van der Waals surface area contributed by atoms with Gasteiger partial charge in [-0.2, -0.15) is 0 Å². The van der Waals surface area contributed by atoms with Crippen LogP contribution in [0.2, 0.25) is 0 Å². The SMILES string of the molecule is COc1cc2c(cc1-c1cccnc1)CCC(=S)N2. The number of hydrogen-bond donors (Lipinski definition) is 1. The van der Waals surface area contributed by atoms with Crippen molar-refractivity contribution in [2.24, 2.45) is 0 Å². The molecule has 0 spiro atoms.